The van der Waals surface area contributed by atoms with Gasteiger partial charge in [-0.15, -0.1) is 0 Å². The van der Waals surface area contributed by atoms with Crippen molar-refractivity contribution in [2.75, 3.05) is 7.11 Å². The lowest BCUT2D eigenvalue weighted by atomic mass is 10.2. The smallest absolute Gasteiger partial charge is 0.357 e. The highest BCUT2D eigenvalue weighted by molar-refractivity contribution is 6.32. The van der Waals surface area contributed by atoms with E-state index < -0.39 is 5.97 Å². The minimum absolute atomic E-state index is 0.105. The van der Waals surface area contributed by atoms with Crippen molar-refractivity contribution >= 4 is 17.6 Å². The lowest BCUT2D eigenvalue weighted by Crippen LogP contribution is -1.97. The molecule has 2 aromatic rings. The molecule has 0 radical (unpaired) electrons. The molecule has 1 aromatic carbocycles. The highest BCUT2D eigenvalue weighted by Gasteiger charge is 2.19. The van der Waals surface area contributed by atoms with E-state index in [2.05, 4.69) is 4.98 Å². The number of carboxylic acid groups (broad SMARTS) is 1. The molecule has 0 amide bonds. The molecular weight excluding hydrogens is 256 g/mol. The Morgan fingerprint density at radius 1 is 1.39 bits per heavy atom. The topological polar surface area (TPSA) is 64.3 Å². The zero-order valence-corrected chi connectivity index (χ0v) is 10.6. The van der Waals surface area contributed by atoms with Gasteiger partial charge < -0.3 is 14.4 Å². The van der Waals surface area contributed by atoms with Crippen LogP contribution in [0.1, 0.15) is 10.5 Å². The van der Waals surface area contributed by atoms with Crippen molar-refractivity contribution in [3.8, 4) is 17.1 Å². The molecule has 5 nitrogen and oxygen atoms in total. The molecule has 0 unspecified atom stereocenters. The van der Waals surface area contributed by atoms with Gasteiger partial charge in [0, 0.05) is 12.6 Å². The van der Waals surface area contributed by atoms with E-state index in [1.165, 1.54) is 4.57 Å². The molecule has 18 heavy (non-hydrogen) atoms. The summed E-state index contributed by atoms with van der Waals surface area (Å²) in [6.07, 6.45) is 0. The third-order valence-corrected chi connectivity index (χ3v) is 3.01. The Balaban J connectivity index is 2.50. The maximum atomic E-state index is 10.9. The first-order chi connectivity index (χ1) is 8.54. The molecule has 0 bridgehead atoms. The second kappa shape index (κ2) is 4.70. The maximum absolute atomic E-state index is 10.9. The van der Waals surface area contributed by atoms with Crippen LogP contribution in [0, 0.1) is 0 Å². The van der Waals surface area contributed by atoms with Crippen molar-refractivity contribution in [1.82, 2.24) is 9.55 Å². The number of carboxylic acids is 1. The van der Waals surface area contributed by atoms with Crippen molar-refractivity contribution in [1.29, 1.82) is 0 Å². The third kappa shape index (κ3) is 2.04. The van der Waals surface area contributed by atoms with Crippen LogP contribution < -0.4 is 4.74 Å². The molecular formula is C12H11ClN2O3. The molecule has 0 aliphatic carbocycles. The van der Waals surface area contributed by atoms with Gasteiger partial charge in [0.1, 0.15) is 16.7 Å². The van der Waals surface area contributed by atoms with Crippen LogP contribution in [-0.4, -0.2) is 27.7 Å². The van der Waals surface area contributed by atoms with Gasteiger partial charge in [-0.2, -0.15) is 0 Å². The molecule has 6 heteroatoms. The number of benzene rings is 1. The summed E-state index contributed by atoms with van der Waals surface area (Å²) in [4.78, 5) is 15.0. The molecule has 0 aliphatic rings. The predicted molar refractivity (Wildman–Crippen MR) is 67.2 cm³/mol. The Kier molecular flexibility index (Phi) is 3.25. The number of ether oxygens (including phenoxy) is 1. The number of aromatic nitrogens is 2. The van der Waals surface area contributed by atoms with Crippen molar-refractivity contribution in [2.24, 2.45) is 7.05 Å². The van der Waals surface area contributed by atoms with Crippen LogP contribution in [0.4, 0.5) is 0 Å². The van der Waals surface area contributed by atoms with E-state index in [0.29, 0.717) is 5.82 Å². The van der Waals surface area contributed by atoms with E-state index in [0.717, 1.165) is 11.3 Å². The van der Waals surface area contributed by atoms with E-state index in [4.69, 9.17) is 21.4 Å². The molecule has 0 saturated heterocycles. The molecule has 0 atom stereocenters. The van der Waals surface area contributed by atoms with E-state index in [1.54, 1.807) is 38.4 Å². The number of imidazole rings is 1. The molecule has 2 rings (SSSR count). The summed E-state index contributed by atoms with van der Waals surface area (Å²) >= 11 is 5.91. The summed E-state index contributed by atoms with van der Waals surface area (Å²) in [5, 5.41) is 9.06. The minimum atomic E-state index is -1.14. The molecule has 0 fully saturated rings. The van der Waals surface area contributed by atoms with Gasteiger partial charge in [-0.05, 0) is 24.3 Å². The van der Waals surface area contributed by atoms with Crippen molar-refractivity contribution < 1.29 is 14.6 Å². The normalized spacial score (nSPS) is 10.4. The number of methoxy groups -OCH3 is 1. The number of halogens is 1. The van der Waals surface area contributed by atoms with Crippen LogP contribution in [-0.2, 0) is 7.05 Å². The lowest BCUT2D eigenvalue weighted by Gasteiger charge is -2.03. The summed E-state index contributed by atoms with van der Waals surface area (Å²) in [6, 6.07) is 7.14. The van der Waals surface area contributed by atoms with Crippen molar-refractivity contribution in [3.05, 3.63) is 35.1 Å². The van der Waals surface area contributed by atoms with Crippen LogP contribution in [0.2, 0.25) is 5.15 Å². The zero-order valence-electron chi connectivity index (χ0n) is 9.85. The standard InChI is InChI=1S/C12H11ClN2O3/c1-15-10(13)9(12(16)17)14-11(15)7-3-5-8(18-2)6-4-7/h3-6H,1-2H3,(H,16,17). The Hall–Kier alpha value is -2.01. The van der Waals surface area contributed by atoms with Gasteiger partial charge in [0.25, 0.3) is 0 Å². The highest BCUT2D eigenvalue weighted by atomic mass is 35.5. The summed E-state index contributed by atoms with van der Waals surface area (Å²) < 4.78 is 6.59. The van der Waals surface area contributed by atoms with Crippen LogP contribution in [0.25, 0.3) is 11.4 Å². The number of rotatable bonds is 3. The molecule has 94 valence electrons. The number of aromatic carboxylic acids is 1. The number of nitrogens with zero attached hydrogens (tertiary/aromatic N) is 2. The van der Waals surface area contributed by atoms with Crippen LogP contribution in [0.15, 0.2) is 24.3 Å². The average molecular weight is 267 g/mol. The fourth-order valence-corrected chi connectivity index (χ4v) is 1.82. The largest absolute Gasteiger partial charge is 0.497 e. The van der Waals surface area contributed by atoms with Crippen LogP contribution in [0.5, 0.6) is 5.75 Å². The quantitative estimate of drug-likeness (QED) is 0.927. The monoisotopic (exact) mass is 266 g/mol. The zero-order chi connectivity index (χ0) is 13.3. The summed E-state index contributed by atoms with van der Waals surface area (Å²) in [5.41, 5.74) is 0.623. The minimum Gasteiger partial charge on any atom is -0.497 e. The number of hydrogen-bond acceptors (Lipinski definition) is 3. The van der Waals surface area contributed by atoms with Gasteiger partial charge in [-0.1, -0.05) is 11.6 Å². The maximum Gasteiger partial charge on any atom is 0.357 e. The second-order valence-corrected chi connectivity index (χ2v) is 4.03. The van der Waals surface area contributed by atoms with Gasteiger partial charge >= 0.3 is 5.97 Å². The van der Waals surface area contributed by atoms with E-state index in [9.17, 15) is 4.79 Å². The number of carbonyl (C=O) groups is 1. The van der Waals surface area contributed by atoms with Gasteiger partial charge in [0.15, 0.2) is 5.69 Å². The molecule has 1 heterocycles. The molecule has 0 spiro atoms. The Morgan fingerprint density at radius 3 is 2.44 bits per heavy atom. The first-order valence-corrected chi connectivity index (χ1v) is 5.52. The second-order valence-electron chi connectivity index (χ2n) is 3.67. The Labute approximate surface area is 109 Å². The van der Waals surface area contributed by atoms with Gasteiger partial charge in [-0.25, -0.2) is 9.78 Å². The highest BCUT2D eigenvalue weighted by Crippen LogP contribution is 2.26. The Bertz CT molecular complexity index is 590. The lowest BCUT2D eigenvalue weighted by molar-refractivity contribution is 0.0691. The first kappa shape index (κ1) is 12.4. The molecule has 1 aromatic heterocycles. The average Bonchev–Trinajstić information content (AvgIpc) is 2.67. The van der Waals surface area contributed by atoms with Crippen molar-refractivity contribution in [3.63, 3.8) is 0 Å². The fraction of sp³-hybridized carbons (Fsp3) is 0.167. The fourth-order valence-electron chi connectivity index (χ4n) is 1.61. The van der Waals surface area contributed by atoms with Crippen LogP contribution >= 0.6 is 11.6 Å². The van der Waals surface area contributed by atoms with Gasteiger partial charge in [0.2, 0.25) is 0 Å². The summed E-state index contributed by atoms with van der Waals surface area (Å²) in [5.74, 6) is 0.0768. The van der Waals surface area contributed by atoms with Crippen LogP contribution in [0.3, 0.4) is 0 Å². The van der Waals surface area contributed by atoms with Gasteiger partial charge in [-0.3, -0.25) is 0 Å². The third-order valence-electron chi connectivity index (χ3n) is 2.58. The van der Waals surface area contributed by atoms with E-state index >= 15 is 0 Å². The van der Waals surface area contributed by atoms with Crippen molar-refractivity contribution in [2.45, 2.75) is 0 Å². The Morgan fingerprint density at radius 2 is 2.00 bits per heavy atom. The number of hydrogen-bond donors (Lipinski definition) is 1. The summed E-state index contributed by atoms with van der Waals surface area (Å²) in [7, 11) is 3.25. The molecule has 1 N–H and O–H groups in total. The predicted octanol–water partition coefficient (Wildman–Crippen LogP) is 2.45. The first-order valence-electron chi connectivity index (χ1n) is 5.14. The SMILES string of the molecule is COc1ccc(-c2nc(C(=O)O)c(Cl)n2C)cc1. The van der Waals surface area contributed by atoms with E-state index in [-0.39, 0.29) is 10.8 Å². The summed E-state index contributed by atoms with van der Waals surface area (Å²) in [6.45, 7) is 0. The van der Waals surface area contributed by atoms with Gasteiger partial charge in [0.05, 0.1) is 7.11 Å². The molecule has 0 aliphatic heterocycles. The molecule has 0 saturated carbocycles. The van der Waals surface area contributed by atoms with E-state index in [1.807, 2.05) is 0 Å².